The number of anilines is 1. The molecule has 1 aromatic carbocycles. The van der Waals surface area contributed by atoms with Gasteiger partial charge in [-0.1, -0.05) is 18.2 Å². The van der Waals surface area contributed by atoms with Gasteiger partial charge in [-0.25, -0.2) is 0 Å². The minimum Gasteiger partial charge on any atom is -0.377 e. The second-order valence-electron chi connectivity index (χ2n) is 4.19. The van der Waals surface area contributed by atoms with Crippen molar-refractivity contribution in [1.82, 2.24) is 4.98 Å². The van der Waals surface area contributed by atoms with Crippen molar-refractivity contribution in [3.8, 4) is 6.07 Å². The molecule has 18 heavy (non-hydrogen) atoms. The molecule has 0 radical (unpaired) electrons. The maximum absolute atomic E-state index is 9.14. The van der Waals surface area contributed by atoms with Crippen LogP contribution in [0.5, 0.6) is 0 Å². The van der Waals surface area contributed by atoms with Crippen LogP contribution in [0.25, 0.3) is 0 Å². The number of nitriles is 1. The lowest BCUT2D eigenvalue weighted by Crippen LogP contribution is -2.17. The van der Waals surface area contributed by atoms with Crippen molar-refractivity contribution in [2.24, 2.45) is 5.92 Å². The molecule has 0 fully saturated rings. The Morgan fingerprint density at radius 2 is 1.78 bits per heavy atom. The zero-order chi connectivity index (χ0) is 12.8. The minimum atomic E-state index is -0.118. The molecule has 0 spiro atoms. The van der Waals surface area contributed by atoms with Crippen LogP contribution >= 0.6 is 0 Å². The van der Waals surface area contributed by atoms with E-state index in [0.717, 1.165) is 11.3 Å². The van der Waals surface area contributed by atoms with Crippen LogP contribution in [0.1, 0.15) is 18.5 Å². The average molecular weight is 237 g/mol. The first kappa shape index (κ1) is 12.1. The van der Waals surface area contributed by atoms with E-state index in [0.29, 0.717) is 0 Å². The van der Waals surface area contributed by atoms with Crippen LogP contribution in [0.15, 0.2) is 54.9 Å². The molecule has 1 N–H and O–H groups in total. The maximum Gasteiger partial charge on any atom is 0.0678 e. The lowest BCUT2D eigenvalue weighted by Gasteiger charge is -2.22. The molecule has 3 nitrogen and oxygen atoms in total. The van der Waals surface area contributed by atoms with Gasteiger partial charge in [0.1, 0.15) is 0 Å². The summed E-state index contributed by atoms with van der Waals surface area (Å²) < 4.78 is 0. The van der Waals surface area contributed by atoms with E-state index >= 15 is 0 Å². The monoisotopic (exact) mass is 237 g/mol. The van der Waals surface area contributed by atoms with Crippen LogP contribution in [0.4, 0.5) is 5.69 Å². The number of benzene rings is 1. The Bertz CT molecular complexity index is 516. The summed E-state index contributed by atoms with van der Waals surface area (Å²) in [7, 11) is 0. The number of hydrogen-bond donors (Lipinski definition) is 1. The van der Waals surface area contributed by atoms with Crippen LogP contribution in [0, 0.1) is 17.2 Å². The molecule has 2 unspecified atom stereocenters. The summed E-state index contributed by atoms with van der Waals surface area (Å²) in [5.41, 5.74) is 2.09. The van der Waals surface area contributed by atoms with E-state index in [1.54, 1.807) is 12.4 Å². The normalized spacial score (nSPS) is 13.3. The highest BCUT2D eigenvalue weighted by Gasteiger charge is 2.18. The molecule has 0 bridgehead atoms. The second kappa shape index (κ2) is 5.83. The van der Waals surface area contributed by atoms with E-state index in [1.165, 1.54) is 0 Å². The van der Waals surface area contributed by atoms with Gasteiger partial charge < -0.3 is 5.32 Å². The van der Waals surface area contributed by atoms with Gasteiger partial charge in [0.2, 0.25) is 0 Å². The molecule has 3 heteroatoms. The summed E-state index contributed by atoms with van der Waals surface area (Å²) in [6.07, 6.45) is 3.50. The van der Waals surface area contributed by atoms with Crippen molar-refractivity contribution in [2.75, 3.05) is 5.32 Å². The molecule has 0 saturated heterocycles. The minimum absolute atomic E-state index is 0.0274. The molecule has 1 heterocycles. The lowest BCUT2D eigenvalue weighted by molar-refractivity contribution is 0.616. The highest BCUT2D eigenvalue weighted by molar-refractivity contribution is 5.45. The second-order valence-corrected chi connectivity index (χ2v) is 4.19. The van der Waals surface area contributed by atoms with Gasteiger partial charge in [0.25, 0.3) is 0 Å². The summed E-state index contributed by atoms with van der Waals surface area (Å²) in [5.74, 6) is -0.118. The van der Waals surface area contributed by atoms with Crippen molar-refractivity contribution in [2.45, 2.75) is 13.0 Å². The Morgan fingerprint density at radius 3 is 2.39 bits per heavy atom. The number of para-hydroxylation sites is 1. The smallest absolute Gasteiger partial charge is 0.0678 e. The molecule has 2 atom stereocenters. The number of hydrogen-bond acceptors (Lipinski definition) is 3. The Labute approximate surface area is 107 Å². The number of aromatic nitrogens is 1. The van der Waals surface area contributed by atoms with Gasteiger partial charge in [0.15, 0.2) is 0 Å². The summed E-state index contributed by atoms with van der Waals surface area (Å²) in [6.45, 7) is 1.92. The molecular formula is C15H15N3. The SMILES string of the molecule is CC(C#N)C(Nc1ccccc1)c1ccncc1. The highest BCUT2D eigenvalue weighted by Crippen LogP contribution is 2.25. The first-order valence-electron chi connectivity index (χ1n) is 5.92. The Kier molecular flexibility index (Phi) is 3.93. The quantitative estimate of drug-likeness (QED) is 0.886. The van der Waals surface area contributed by atoms with Crippen molar-refractivity contribution in [3.63, 3.8) is 0 Å². The largest absolute Gasteiger partial charge is 0.377 e. The van der Waals surface area contributed by atoms with E-state index in [1.807, 2.05) is 49.4 Å². The van der Waals surface area contributed by atoms with Gasteiger partial charge in [-0.2, -0.15) is 5.26 Å². The van der Waals surface area contributed by atoms with E-state index in [9.17, 15) is 0 Å². The van der Waals surface area contributed by atoms with Gasteiger partial charge in [0, 0.05) is 18.1 Å². The number of nitrogens with zero attached hydrogens (tertiary/aromatic N) is 2. The molecular weight excluding hydrogens is 222 g/mol. The first-order valence-corrected chi connectivity index (χ1v) is 5.92. The fraction of sp³-hybridized carbons (Fsp3) is 0.200. The van der Waals surface area contributed by atoms with E-state index < -0.39 is 0 Å². The van der Waals surface area contributed by atoms with E-state index in [-0.39, 0.29) is 12.0 Å². The fourth-order valence-electron chi connectivity index (χ4n) is 1.86. The molecule has 0 saturated carbocycles. The highest BCUT2D eigenvalue weighted by atomic mass is 14.9. The molecule has 0 aliphatic rings. The third-order valence-corrected chi connectivity index (χ3v) is 2.86. The van der Waals surface area contributed by atoms with Gasteiger partial charge in [-0.15, -0.1) is 0 Å². The van der Waals surface area contributed by atoms with Crippen LogP contribution in [0.2, 0.25) is 0 Å². The molecule has 0 aliphatic heterocycles. The number of rotatable bonds is 4. The third kappa shape index (κ3) is 2.86. The van der Waals surface area contributed by atoms with Crippen LogP contribution < -0.4 is 5.32 Å². The van der Waals surface area contributed by atoms with Crippen molar-refractivity contribution in [3.05, 3.63) is 60.4 Å². The molecule has 90 valence electrons. The van der Waals surface area contributed by atoms with E-state index in [4.69, 9.17) is 5.26 Å². The molecule has 0 aliphatic carbocycles. The summed E-state index contributed by atoms with van der Waals surface area (Å²) >= 11 is 0. The fourth-order valence-corrected chi connectivity index (χ4v) is 1.86. The molecule has 2 rings (SSSR count). The van der Waals surface area contributed by atoms with Gasteiger partial charge in [0.05, 0.1) is 18.0 Å². The van der Waals surface area contributed by atoms with Gasteiger partial charge in [-0.05, 0) is 36.8 Å². The maximum atomic E-state index is 9.14. The lowest BCUT2D eigenvalue weighted by atomic mass is 9.96. The van der Waals surface area contributed by atoms with Crippen LogP contribution in [-0.4, -0.2) is 4.98 Å². The van der Waals surface area contributed by atoms with Crippen molar-refractivity contribution >= 4 is 5.69 Å². The zero-order valence-electron chi connectivity index (χ0n) is 10.2. The van der Waals surface area contributed by atoms with E-state index in [2.05, 4.69) is 16.4 Å². The number of nitrogens with one attached hydrogen (secondary N) is 1. The third-order valence-electron chi connectivity index (χ3n) is 2.86. The average Bonchev–Trinajstić information content (AvgIpc) is 2.46. The molecule has 0 amide bonds. The predicted octanol–water partition coefficient (Wildman–Crippen LogP) is 3.39. The molecule has 2 aromatic rings. The summed E-state index contributed by atoms with van der Waals surface area (Å²) in [4.78, 5) is 4.01. The summed E-state index contributed by atoms with van der Waals surface area (Å²) in [5, 5.41) is 12.5. The Morgan fingerprint density at radius 1 is 1.11 bits per heavy atom. The Hall–Kier alpha value is -2.34. The molecule has 1 aromatic heterocycles. The summed E-state index contributed by atoms with van der Waals surface area (Å²) in [6, 6.07) is 16.1. The topological polar surface area (TPSA) is 48.7 Å². The van der Waals surface area contributed by atoms with Crippen molar-refractivity contribution in [1.29, 1.82) is 5.26 Å². The first-order chi connectivity index (χ1) is 8.81. The number of pyridine rings is 1. The predicted molar refractivity (Wildman–Crippen MR) is 71.8 cm³/mol. The Balaban J connectivity index is 2.25. The van der Waals surface area contributed by atoms with Crippen LogP contribution in [0.3, 0.4) is 0 Å². The van der Waals surface area contributed by atoms with Crippen molar-refractivity contribution < 1.29 is 0 Å². The van der Waals surface area contributed by atoms with Crippen LogP contribution in [-0.2, 0) is 0 Å². The zero-order valence-corrected chi connectivity index (χ0v) is 10.2. The standard InChI is InChI=1S/C15H15N3/c1-12(11-16)15(13-7-9-17-10-8-13)18-14-5-3-2-4-6-14/h2-10,12,15,18H,1H3. The van der Waals surface area contributed by atoms with Gasteiger partial charge >= 0.3 is 0 Å². The van der Waals surface area contributed by atoms with Gasteiger partial charge in [-0.3, -0.25) is 4.98 Å².